The van der Waals surface area contributed by atoms with Crippen LogP contribution in [0.1, 0.15) is 23.7 Å². The van der Waals surface area contributed by atoms with Gasteiger partial charge in [-0.3, -0.25) is 0 Å². The molecule has 0 aliphatic rings. The van der Waals surface area contributed by atoms with Crippen molar-refractivity contribution >= 4 is 12.0 Å². The van der Waals surface area contributed by atoms with Gasteiger partial charge in [0, 0.05) is 18.4 Å². The summed E-state index contributed by atoms with van der Waals surface area (Å²) in [4.78, 5) is 23.1. The topological polar surface area (TPSA) is 72.4 Å². The van der Waals surface area contributed by atoms with E-state index in [-0.39, 0.29) is 0 Å². The summed E-state index contributed by atoms with van der Waals surface area (Å²) in [7, 11) is 1.29. The Morgan fingerprint density at radius 2 is 2.04 bits per heavy atom. The minimum atomic E-state index is -0.686. The molecule has 0 bridgehead atoms. The van der Waals surface area contributed by atoms with Crippen LogP contribution in [-0.4, -0.2) is 29.7 Å². The lowest BCUT2D eigenvalue weighted by molar-refractivity contribution is -0.142. The molecule has 2 rings (SSSR count). The van der Waals surface area contributed by atoms with Crippen LogP contribution in [0.4, 0.5) is 4.79 Å². The highest BCUT2D eigenvalue weighted by molar-refractivity contribution is 5.83. The molecule has 0 fully saturated rings. The van der Waals surface area contributed by atoms with Crippen molar-refractivity contribution in [1.29, 1.82) is 0 Å². The molecule has 2 amide bonds. The first-order chi connectivity index (χ1) is 11.5. The number of carbonyl (C=O) groups excluding carboxylic acids is 2. The Morgan fingerprint density at radius 1 is 1.25 bits per heavy atom. The number of nitrogens with one attached hydrogen (secondary N) is 2. The Kier molecular flexibility index (Phi) is 6.01. The third kappa shape index (κ3) is 4.87. The zero-order valence-corrected chi connectivity index (χ0v) is 14.2. The lowest BCUT2D eigenvalue weighted by atomic mass is 10.1. The van der Waals surface area contributed by atoms with Crippen LogP contribution in [0, 0.1) is 6.92 Å². The number of esters is 1. The van der Waals surface area contributed by atoms with Gasteiger partial charge < -0.3 is 19.9 Å². The summed E-state index contributed by atoms with van der Waals surface area (Å²) in [6.07, 6.45) is 1.98. The van der Waals surface area contributed by atoms with E-state index in [1.54, 1.807) is 6.92 Å². The third-order valence-corrected chi connectivity index (χ3v) is 3.69. The van der Waals surface area contributed by atoms with Crippen molar-refractivity contribution in [3.8, 4) is 0 Å². The van der Waals surface area contributed by atoms with Gasteiger partial charge in [-0.2, -0.15) is 0 Å². The first-order valence-electron chi connectivity index (χ1n) is 7.81. The molecular weight excluding hydrogens is 306 g/mol. The van der Waals surface area contributed by atoms with Gasteiger partial charge in [-0.05, 0) is 31.5 Å². The summed E-state index contributed by atoms with van der Waals surface area (Å²) in [6, 6.07) is 11.1. The quantitative estimate of drug-likeness (QED) is 0.798. The number of benzene rings is 1. The Balaban J connectivity index is 1.91. The van der Waals surface area contributed by atoms with Gasteiger partial charge in [0.1, 0.15) is 6.04 Å². The number of aromatic nitrogens is 1. The molecule has 128 valence electrons. The average molecular weight is 329 g/mol. The molecule has 24 heavy (non-hydrogen) atoms. The average Bonchev–Trinajstić information content (AvgIpc) is 2.99. The van der Waals surface area contributed by atoms with Crippen LogP contribution in [0.2, 0.25) is 0 Å². The van der Waals surface area contributed by atoms with E-state index >= 15 is 0 Å². The van der Waals surface area contributed by atoms with Gasteiger partial charge in [-0.15, -0.1) is 0 Å². The van der Waals surface area contributed by atoms with Gasteiger partial charge in [0.25, 0.3) is 0 Å². The van der Waals surface area contributed by atoms with Crippen molar-refractivity contribution in [1.82, 2.24) is 15.2 Å². The molecule has 2 N–H and O–H groups in total. The van der Waals surface area contributed by atoms with Crippen molar-refractivity contribution in [2.45, 2.75) is 33.0 Å². The van der Waals surface area contributed by atoms with E-state index in [0.717, 1.165) is 12.2 Å². The van der Waals surface area contributed by atoms with Crippen LogP contribution < -0.4 is 10.6 Å². The van der Waals surface area contributed by atoms with E-state index < -0.39 is 18.0 Å². The number of rotatable bonds is 6. The lowest BCUT2D eigenvalue weighted by Gasteiger charge is -2.14. The van der Waals surface area contributed by atoms with Crippen molar-refractivity contribution in [3.63, 3.8) is 0 Å². The van der Waals surface area contributed by atoms with Crippen molar-refractivity contribution < 1.29 is 14.3 Å². The Bertz CT molecular complexity index is 709. The summed E-state index contributed by atoms with van der Waals surface area (Å²) >= 11 is 0. The van der Waals surface area contributed by atoms with Crippen LogP contribution in [0.15, 0.2) is 42.6 Å². The molecule has 0 aliphatic carbocycles. The second-order valence-electron chi connectivity index (χ2n) is 5.69. The van der Waals surface area contributed by atoms with Crippen LogP contribution >= 0.6 is 0 Å². The highest BCUT2D eigenvalue weighted by Crippen LogP contribution is 2.09. The molecule has 1 heterocycles. The minimum absolute atomic E-state index is 0.374. The number of ether oxygens (including phenoxy) is 1. The SMILES string of the molecule is COC(=O)C(C)NC(=O)NCc1cccn1Cc1cccc(C)c1. The molecule has 6 heteroatoms. The monoisotopic (exact) mass is 329 g/mol. The van der Waals surface area contributed by atoms with Crippen molar-refractivity contribution in [2.75, 3.05) is 7.11 Å². The second-order valence-corrected chi connectivity index (χ2v) is 5.69. The lowest BCUT2D eigenvalue weighted by Crippen LogP contribution is -2.44. The maximum atomic E-state index is 11.8. The fourth-order valence-corrected chi connectivity index (χ4v) is 2.43. The van der Waals surface area contributed by atoms with Gasteiger partial charge in [0.05, 0.1) is 13.7 Å². The Labute approximate surface area is 141 Å². The smallest absolute Gasteiger partial charge is 0.328 e. The van der Waals surface area contributed by atoms with Crippen LogP contribution in [0.25, 0.3) is 0 Å². The van der Waals surface area contributed by atoms with Gasteiger partial charge in [-0.1, -0.05) is 29.8 Å². The normalized spacial score (nSPS) is 11.6. The fraction of sp³-hybridized carbons (Fsp3) is 0.333. The number of urea groups is 1. The second kappa shape index (κ2) is 8.19. The van der Waals surface area contributed by atoms with Gasteiger partial charge in [0.15, 0.2) is 0 Å². The van der Waals surface area contributed by atoms with Crippen LogP contribution in [0.3, 0.4) is 0 Å². The number of hydrogen-bond acceptors (Lipinski definition) is 3. The Hall–Kier alpha value is -2.76. The number of carbonyl (C=O) groups is 2. The molecule has 6 nitrogen and oxygen atoms in total. The van der Waals surface area contributed by atoms with Crippen LogP contribution in [-0.2, 0) is 22.6 Å². The zero-order valence-electron chi connectivity index (χ0n) is 14.2. The van der Waals surface area contributed by atoms with Gasteiger partial charge in [0.2, 0.25) is 0 Å². The molecule has 1 aromatic heterocycles. The molecule has 1 aromatic carbocycles. The number of nitrogens with zero attached hydrogens (tertiary/aromatic N) is 1. The first kappa shape index (κ1) is 17.6. The summed E-state index contributed by atoms with van der Waals surface area (Å²) < 4.78 is 6.65. The molecule has 1 atom stereocenters. The maximum absolute atomic E-state index is 11.8. The highest BCUT2D eigenvalue weighted by atomic mass is 16.5. The van der Waals surface area contributed by atoms with E-state index in [1.165, 1.54) is 18.2 Å². The number of methoxy groups -OCH3 is 1. The molecule has 0 radical (unpaired) electrons. The molecule has 2 aromatic rings. The molecule has 0 spiro atoms. The summed E-state index contributed by atoms with van der Waals surface area (Å²) in [5.41, 5.74) is 3.41. The largest absolute Gasteiger partial charge is 0.467 e. The number of amides is 2. The van der Waals surface area contributed by atoms with E-state index in [1.807, 2.05) is 24.4 Å². The Morgan fingerprint density at radius 3 is 2.75 bits per heavy atom. The summed E-state index contributed by atoms with van der Waals surface area (Å²) in [5, 5.41) is 5.29. The molecule has 1 unspecified atom stereocenters. The number of aryl methyl sites for hydroxylation is 1. The summed E-state index contributed by atoms with van der Waals surface area (Å²) in [6.45, 7) is 4.75. The van der Waals surface area contributed by atoms with E-state index in [2.05, 4.69) is 45.1 Å². The third-order valence-electron chi connectivity index (χ3n) is 3.69. The van der Waals surface area contributed by atoms with Crippen molar-refractivity contribution in [2.24, 2.45) is 0 Å². The minimum Gasteiger partial charge on any atom is -0.467 e. The molecule has 0 saturated carbocycles. The molecule has 0 aliphatic heterocycles. The fourth-order valence-electron chi connectivity index (χ4n) is 2.43. The van der Waals surface area contributed by atoms with Gasteiger partial charge >= 0.3 is 12.0 Å². The maximum Gasteiger partial charge on any atom is 0.328 e. The predicted molar refractivity (Wildman–Crippen MR) is 91.6 cm³/mol. The molecule has 0 saturated heterocycles. The zero-order chi connectivity index (χ0) is 17.5. The van der Waals surface area contributed by atoms with E-state index in [4.69, 9.17) is 0 Å². The van der Waals surface area contributed by atoms with Crippen molar-refractivity contribution in [3.05, 3.63) is 59.4 Å². The first-order valence-corrected chi connectivity index (χ1v) is 7.81. The van der Waals surface area contributed by atoms with E-state index in [0.29, 0.717) is 6.54 Å². The summed E-state index contributed by atoms with van der Waals surface area (Å²) in [5.74, 6) is -0.479. The standard InChI is InChI=1S/C18H23N3O3/c1-13-6-4-7-15(10-13)12-21-9-5-8-16(21)11-19-18(23)20-14(2)17(22)24-3/h4-10,14H,11-12H2,1-3H3,(H2,19,20,23). The van der Waals surface area contributed by atoms with Gasteiger partial charge in [-0.25, -0.2) is 9.59 Å². The van der Waals surface area contributed by atoms with E-state index in [9.17, 15) is 9.59 Å². The predicted octanol–water partition coefficient (Wildman–Crippen LogP) is 2.21. The molecular formula is C18H23N3O3. The number of hydrogen-bond donors (Lipinski definition) is 2. The van der Waals surface area contributed by atoms with Crippen LogP contribution in [0.5, 0.6) is 0 Å². The highest BCUT2D eigenvalue weighted by Gasteiger charge is 2.15.